The van der Waals surface area contributed by atoms with Crippen molar-refractivity contribution in [2.45, 2.75) is 38.1 Å². The number of hydrogen-bond acceptors (Lipinski definition) is 2. The van der Waals surface area contributed by atoms with E-state index in [1.807, 2.05) is 18.2 Å². The van der Waals surface area contributed by atoms with E-state index in [1.165, 1.54) is 11.0 Å². The van der Waals surface area contributed by atoms with E-state index in [0.29, 0.717) is 10.9 Å². The van der Waals surface area contributed by atoms with Crippen LogP contribution in [0.25, 0.3) is 10.9 Å². The summed E-state index contributed by atoms with van der Waals surface area (Å²) in [6, 6.07) is 7.40. The van der Waals surface area contributed by atoms with Crippen LogP contribution in [0.1, 0.15) is 38.1 Å². The molecular formula is C15H18N2O2. The van der Waals surface area contributed by atoms with E-state index < -0.39 is 0 Å². The summed E-state index contributed by atoms with van der Waals surface area (Å²) in [5.74, 6) is 0. The standard InChI is InChI=1S/C15H18N2O2/c1-16-13-10-6-5-9-12(13)14(18)17(15(16)19)11-7-3-2-4-8-11/h5-6,9-11H,2-4,7-8H2,1H3. The van der Waals surface area contributed by atoms with Gasteiger partial charge in [0.25, 0.3) is 5.56 Å². The maximum Gasteiger partial charge on any atom is 0.331 e. The molecule has 1 aromatic heterocycles. The molecule has 4 heteroatoms. The Morgan fingerprint density at radius 2 is 1.74 bits per heavy atom. The van der Waals surface area contributed by atoms with Gasteiger partial charge in [-0.15, -0.1) is 0 Å². The number of aryl methyl sites for hydroxylation is 1. The van der Waals surface area contributed by atoms with Crippen molar-refractivity contribution in [3.63, 3.8) is 0 Å². The molecule has 1 aliphatic rings. The average Bonchev–Trinajstić information content (AvgIpc) is 2.46. The minimum absolute atomic E-state index is 0.0737. The topological polar surface area (TPSA) is 44.0 Å². The lowest BCUT2D eigenvalue weighted by atomic mass is 9.95. The molecular weight excluding hydrogens is 240 g/mol. The molecule has 2 aromatic rings. The largest absolute Gasteiger partial charge is 0.331 e. The van der Waals surface area contributed by atoms with Gasteiger partial charge in [-0.3, -0.25) is 13.9 Å². The lowest BCUT2D eigenvalue weighted by Gasteiger charge is -2.24. The van der Waals surface area contributed by atoms with Gasteiger partial charge >= 0.3 is 5.69 Å². The minimum atomic E-state index is -0.185. The fraction of sp³-hybridized carbons (Fsp3) is 0.467. The van der Waals surface area contributed by atoms with Crippen molar-refractivity contribution in [2.24, 2.45) is 7.05 Å². The molecule has 19 heavy (non-hydrogen) atoms. The van der Waals surface area contributed by atoms with E-state index in [9.17, 15) is 9.59 Å². The van der Waals surface area contributed by atoms with Gasteiger partial charge in [0.05, 0.1) is 10.9 Å². The van der Waals surface area contributed by atoms with Crippen LogP contribution in [0.4, 0.5) is 0 Å². The maximum absolute atomic E-state index is 12.6. The molecule has 0 saturated heterocycles. The molecule has 0 unspecified atom stereocenters. The highest BCUT2D eigenvalue weighted by Gasteiger charge is 2.20. The third kappa shape index (κ3) is 1.91. The van der Waals surface area contributed by atoms with Crippen LogP contribution >= 0.6 is 0 Å². The summed E-state index contributed by atoms with van der Waals surface area (Å²) in [5, 5.41) is 0.634. The zero-order valence-corrected chi connectivity index (χ0v) is 11.1. The molecule has 1 aliphatic carbocycles. The quantitative estimate of drug-likeness (QED) is 0.787. The normalized spacial score (nSPS) is 16.9. The molecule has 3 rings (SSSR count). The van der Waals surface area contributed by atoms with E-state index in [1.54, 1.807) is 17.7 Å². The van der Waals surface area contributed by atoms with Gasteiger partial charge in [-0.25, -0.2) is 4.79 Å². The number of para-hydroxylation sites is 1. The molecule has 0 radical (unpaired) electrons. The van der Waals surface area contributed by atoms with E-state index >= 15 is 0 Å². The number of rotatable bonds is 1. The first kappa shape index (κ1) is 12.2. The van der Waals surface area contributed by atoms with E-state index in [4.69, 9.17) is 0 Å². The van der Waals surface area contributed by atoms with Crippen LogP contribution in [-0.2, 0) is 7.05 Å². The van der Waals surface area contributed by atoms with E-state index in [2.05, 4.69) is 0 Å². The van der Waals surface area contributed by atoms with Crippen molar-refractivity contribution in [3.05, 3.63) is 45.1 Å². The molecule has 1 saturated carbocycles. The molecule has 4 nitrogen and oxygen atoms in total. The van der Waals surface area contributed by atoms with E-state index in [-0.39, 0.29) is 17.3 Å². The molecule has 100 valence electrons. The van der Waals surface area contributed by atoms with Gasteiger partial charge < -0.3 is 0 Å². The Morgan fingerprint density at radius 1 is 1.05 bits per heavy atom. The molecule has 0 bridgehead atoms. The lowest BCUT2D eigenvalue weighted by molar-refractivity contribution is 0.334. The van der Waals surface area contributed by atoms with Crippen LogP contribution < -0.4 is 11.2 Å². The van der Waals surface area contributed by atoms with Gasteiger partial charge in [-0.2, -0.15) is 0 Å². The van der Waals surface area contributed by atoms with Gasteiger partial charge in [0.15, 0.2) is 0 Å². The van der Waals surface area contributed by atoms with Crippen molar-refractivity contribution in [1.82, 2.24) is 9.13 Å². The van der Waals surface area contributed by atoms with Crippen molar-refractivity contribution in [2.75, 3.05) is 0 Å². The molecule has 0 atom stereocenters. The van der Waals surface area contributed by atoms with Gasteiger partial charge in [0.1, 0.15) is 0 Å². The summed E-state index contributed by atoms with van der Waals surface area (Å²) < 4.78 is 3.06. The van der Waals surface area contributed by atoms with Crippen LogP contribution in [0.2, 0.25) is 0 Å². The molecule has 0 N–H and O–H groups in total. The number of hydrogen-bond donors (Lipinski definition) is 0. The van der Waals surface area contributed by atoms with Crippen molar-refractivity contribution in [1.29, 1.82) is 0 Å². The summed E-state index contributed by atoms with van der Waals surface area (Å²) in [7, 11) is 1.74. The monoisotopic (exact) mass is 258 g/mol. The highest BCUT2D eigenvalue weighted by molar-refractivity contribution is 5.77. The van der Waals surface area contributed by atoms with Crippen LogP contribution in [-0.4, -0.2) is 9.13 Å². The number of benzene rings is 1. The Bertz CT molecular complexity index is 721. The van der Waals surface area contributed by atoms with Gasteiger partial charge in [-0.1, -0.05) is 31.4 Å². The third-order valence-electron chi connectivity index (χ3n) is 4.15. The van der Waals surface area contributed by atoms with Crippen molar-refractivity contribution >= 4 is 10.9 Å². The molecule has 0 amide bonds. The number of fused-ring (bicyclic) bond motifs is 1. The van der Waals surface area contributed by atoms with Crippen molar-refractivity contribution < 1.29 is 0 Å². The highest BCUT2D eigenvalue weighted by atomic mass is 16.2. The number of aromatic nitrogens is 2. The Kier molecular flexibility index (Phi) is 3.01. The second kappa shape index (κ2) is 4.68. The summed E-state index contributed by atoms with van der Waals surface area (Å²) in [5.41, 5.74) is 0.394. The lowest BCUT2D eigenvalue weighted by Crippen LogP contribution is -2.42. The molecule has 1 fully saturated rings. The predicted molar refractivity (Wildman–Crippen MR) is 75.6 cm³/mol. The van der Waals surface area contributed by atoms with Crippen molar-refractivity contribution in [3.8, 4) is 0 Å². The summed E-state index contributed by atoms with van der Waals surface area (Å²) >= 11 is 0. The fourth-order valence-electron chi connectivity index (χ4n) is 3.09. The fourth-order valence-corrected chi connectivity index (χ4v) is 3.09. The van der Waals surface area contributed by atoms with Crippen LogP contribution in [0.5, 0.6) is 0 Å². The van der Waals surface area contributed by atoms with Crippen LogP contribution in [0.3, 0.4) is 0 Å². The van der Waals surface area contributed by atoms with Gasteiger partial charge in [-0.05, 0) is 25.0 Å². The Morgan fingerprint density at radius 3 is 2.47 bits per heavy atom. The van der Waals surface area contributed by atoms with Gasteiger partial charge in [0, 0.05) is 13.1 Å². The second-order valence-corrected chi connectivity index (χ2v) is 5.33. The van der Waals surface area contributed by atoms with E-state index in [0.717, 1.165) is 25.7 Å². The zero-order chi connectivity index (χ0) is 13.4. The highest BCUT2D eigenvalue weighted by Crippen LogP contribution is 2.26. The second-order valence-electron chi connectivity index (χ2n) is 5.33. The molecule has 1 aromatic carbocycles. The first-order chi connectivity index (χ1) is 9.20. The smallest absolute Gasteiger partial charge is 0.296 e. The Labute approximate surface area is 111 Å². The number of nitrogens with zero attached hydrogens (tertiary/aromatic N) is 2. The zero-order valence-electron chi connectivity index (χ0n) is 11.1. The first-order valence-corrected chi connectivity index (χ1v) is 6.90. The SMILES string of the molecule is Cn1c(=O)n(C2CCCCC2)c(=O)c2ccccc21. The summed E-state index contributed by atoms with van der Waals surface area (Å²) in [6.07, 6.45) is 5.29. The first-order valence-electron chi connectivity index (χ1n) is 6.90. The summed E-state index contributed by atoms with van der Waals surface area (Å²) in [4.78, 5) is 25.0. The average molecular weight is 258 g/mol. The molecule has 0 aliphatic heterocycles. The predicted octanol–water partition coefficient (Wildman–Crippen LogP) is 2.21. The molecule has 1 heterocycles. The Balaban J connectivity index is 2.30. The summed E-state index contributed by atoms with van der Waals surface area (Å²) in [6.45, 7) is 0. The van der Waals surface area contributed by atoms with Gasteiger partial charge in [0.2, 0.25) is 0 Å². The molecule has 0 spiro atoms. The maximum atomic E-state index is 12.6. The minimum Gasteiger partial charge on any atom is -0.296 e. The Hall–Kier alpha value is -1.84. The van der Waals surface area contributed by atoms with Crippen LogP contribution in [0.15, 0.2) is 33.9 Å². The van der Waals surface area contributed by atoms with Crippen LogP contribution in [0, 0.1) is 0 Å². The third-order valence-corrected chi connectivity index (χ3v) is 4.15.